The standard InChI is InChI=1S/C33H53N5O6/c1-19(2)22-16-24(29(42)35-23(15-20-9-10-20)26(40)28(34)41)38(18-22)30(43)27(32(3,4)5)36-31(44)37-33(13-7-6-8-14-33)17-25(39)21-11-12-21/h19-24,27H,6-18H2,1-5H3,(H2,34,41)(H,35,42)(H2,36,37,44)/t22-,23?,24+,27-/m1/s1. The van der Waals surface area contributed by atoms with Gasteiger partial charge in [-0.3, -0.25) is 24.0 Å². The summed E-state index contributed by atoms with van der Waals surface area (Å²) in [6.45, 7) is 10.0. The molecule has 4 atom stereocenters. The van der Waals surface area contributed by atoms with E-state index in [1.165, 1.54) is 4.90 Å². The van der Waals surface area contributed by atoms with Crippen LogP contribution in [0, 0.1) is 29.1 Å². The van der Waals surface area contributed by atoms with Crippen LogP contribution in [0.2, 0.25) is 0 Å². The van der Waals surface area contributed by atoms with Crippen molar-refractivity contribution in [2.75, 3.05) is 6.54 Å². The maximum Gasteiger partial charge on any atom is 0.315 e. The SMILES string of the molecule is CC(C)[C@@H]1C[C@@H](C(=O)NC(CC2CC2)C(=O)C(N)=O)N(C(=O)[C@@H](NC(=O)NC2(CC(=O)C3CC3)CCCCC2)C(C)(C)C)C1. The number of hydrogen-bond donors (Lipinski definition) is 4. The van der Waals surface area contributed by atoms with E-state index in [-0.39, 0.29) is 35.4 Å². The van der Waals surface area contributed by atoms with Crippen molar-refractivity contribution in [3.63, 3.8) is 0 Å². The Morgan fingerprint density at radius 3 is 2.09 bits per heavy atom. The fraction of sp³-hybridized carbons (Fsp3) is 0.818. The second kappa shape index (κ2) is 13.6. The predicted octanol–water partition coefficient (Wildman–Crippen LogP) is 2.98. The summed E-state index contributed by atoms with van der Waals surface area (Å²) in [5, 5.41) is 8.81. The lowest BCUT2D eigenvalue weighted by Crippen LogP contribution is -2.62. The Bertz CT molecular complexity index is 1130. The van der Waals surface area contributed by atoms with Gasteiger partial charge in [0.05, 0.1) is 6.04 Å². The van der Waals surface area contributed by atoms with Crippen LogP contribution in [-0.4, -0.2) is 70.4 Å². The van der Waals surface area contributed by atoms with E-state index in [9.17, 15) is 28.8 Å². The molecule has 0 spiro atoms. The Morgan fingerprint density at radius 1 is 0.932 bits per heavy atom. The van der Waals surface area contributed by atoms with Crippen LogP contribution in [0.15, 0.2) is 0 Å². The van der Waals surface area contributed by atoms with E-state index in [1.54, 1.807) is 0 Å². The zero-order chi connectivity index (χ0) is 32.4. The molecular weight excluding hydrogens is 562 g/mol. The van der Waals surface area contributed by atoms with Gasteiger partial charge >= 0.3 is 6.03 Å². The molecule has 1 saturated heterocycles. The number of carbonyl (C=O) groups is 6. The van der Waals surface area contributed by atoms with Crippen molar-refractivity contribution in [1.82, 2.24) is 20.9 Å². The lowest BCUT2D eigenvalue weighted by Gasteiger charge is -2.40. The van der Waals surface area contributed by atoms with Gasteiger partial charge < -0.3 is 26.6 Å². The normalized spacial score (nSPS) is 24.7. The molecular formula is C33H53N5O6. The maximum absolute atomic E-state index is 14.3. The minimum atomic E-state index is -1.09. The predicted molar refractivity (Wildman–Crippen MR) is 165 cm³/mol. The molecule has 5 amide bonds. The zero-order valence-corrected chi connectivity index (χ0v) is 27.2. The van der Waals surface area contributed by atoms with Crippen molar-refractivity contribution in [2.45, 2.75) is 135 Å². The van der Waals surface area contributed by atoms with E-state index in [1.807, 2.05) is 34.6 Å². The van der Waals surface area contributed by atoms with Crippen LogP contribution in [0.1, 0.15) is 112 Å². The number of urea groups is 1. The molecule has 3 saturated carbocycles. The van der Waals surface area contributed by atoms with Crippen molar-refractivity contribution < 1.29 is 28.8 Å². The van der Waals surface area contributed by atoms with E-state index in [2.05, 4.69) is 16.0 Å². The number of nitrogens with two attached hydrogens (primary N) is 1. The van der Waals surface area contributed by atoms with Crippen LogP contribution in [0.4, 0.5) is 4.79 Å². The van der Waals surface area contributed by atoms with Gasteiger partial charge in [0.1, 0.15) is 17.9 Å². The zero-order valence-electron chi connectivity index (χ0n) is 27.2. The van der Waals surface area contributed by atoms with Crippen molar-refractivity contribution in [1.29, 1.82) is 0 Å². The Labute approximate surface area is 261 Å². The van der Waals surface area contributed by atoms with Crippen LogP contribution in [0.3, 0.4) is 0 Å². The molecule has 44 heavy (non-hydrogen) atoms. The third-order valence-corrected chi connectivity index (χ3v) is 10.1. The van der Waals surface area contributed by atoms with Gasteiger partial charge in [0.2, 0.25) is 17.6 Å². The van der Waals surface area contributed by atoms with Gasteiger partial charge in [-0.2, -0.15) is 0 Å². The Kier molecular flexibility index (Phi) is 10.5. The fourth-order valence-corrected chi connectivity index (χ4v) is 6.88. The first-order chi connectivity index (χ1) is 20.6. The third-order valence-electron chi connectivity index (χ3n) is 10.1. The average Bonchev–Trinajstić information content (AvgIpc) is 3.88. The first kappa shape index (κ1) is 33.9. The molecule has 0 bridgehead atoms. The lowest BCUT2D eigenvalue weighted by atomic mass is 9.77. The minimum absolute atomic E-state index is 0.0387. The topological polar surface area (TPSA) is 168 Å². The molecule has 3 aliphatic carbocycles. The van der Waals surface area contributed by atoms with Crippen molar-refractivity contribution >= 4 is 35.3 Å². The summed E-state index contributed by atoms with van der Waals surface area (Å²) in [5.74, 6) is -1.98. The lowest BCUT2D eigenvalue weighted by molar-refractivity contribution is -0.143. The van der Waals surface area contributed by atoms with Crippen LogP contribution in [-0.2, 0) is 24.0 Å². The summed E-state index contributed by atoms with van der Waals surface area (Å²) in [6.07, 6.45) is 9.14. The van der Waals surface area contributed by atoms with E-state index in [4.69, 9.17) is 5.73 Å². The number of rotatable bonds is 13. The van der Waals surface area contributed by atoms with E-state index < -0.39 is 52.7 Å². The summed E-state index contributed by atoms with van der Waals surface area (Å²) in [7, 11) is 0. The first-order valence-electron chi connectivity index (χ1n) is 16.7. The fourth-order valence-electron chi connectivity index (χ4n) is 6.88. The number of carbonyl (C=O) groups excluding carboxylic acids is 6. The summed E-state index contributed by atoms with van der Waals surface area (Å²) in [4.78, 5) is 80.2. The molecule has 11 heteroatoms. The van der Waals surface area contributed by atoms with Crippen molar-refractivity contribution in [3.8, 4) is 0 Å². The molecule has 4 fully saturated rings. The highest BCUT2D eigenvalue weighted by Crippen LogP contribution is 2.38. The highest BCUT2D eigenvalue weighted by Gasteiger charge is 2.47. The van der Waals surface area contributed by atoms with Crippen LogP contribution >= 0.6 is 0 Å². The number of likely N-dealkylation sites (tertiary alicyclic amines) is 1. The highest BCUT2D eigenvalue weighted by molar-refractivity contribution is 6.37. The van der Waals surface area contributed by atoms with E-state index in [0.717, 1.165) is 57.8 Å². The molecule has 0 aromatic rings. The molecule has 5 N–H and O–H groups in total. The molecule has 0 aromatic heterocycles. The second-order valence-corrected chi connectivity index (χ2v) is 15.4. The molecule has 1 unspecified atom stereocenters. The molecule has 1 aliphatic heterocycles. The van der Waals surface area contributed by atoms with Gasteiger partial charge in [-0.1, -0.05) is 66.7 Å². The Hall–Kier alpha value is -2.98. The van der Waals surface area contributed by atoms with Gasteiger partial charge in [0.25, 0.3) is 5.91 Å². The van der Waals surface area contributed by atoms with Gasteiger partial charge in [0.15, 0.2) is 0 Å². The van der Waals surface area contributed by atoms with Crippen molar-refractivity contribution in [3.05, 3.63) is 0 Å². The number of ketones is 2. The summed E-state index contributed by atoms with van der Waals surface area (Å²) < 4.78 is 0. The summed E-state index contributed by atoms with van der Waals surface area (Å²) >= 11 is 0. The Morgan fingerprint density at radius 2 is 1.57 bits per heavy atom. The molecule has 1 heterocycles. The highest BCUT2D eigenvalue weighted by atomic mass is 16.2. The second-order valence-electron chi connectivity index (χ2n) is 15.4. The summed E-state index contributed by atoms with van der Waals surface area (Å²) in [6, 6.07) is -3.30. The van der Waals surface area contributed by atoms with Crippen molar-refractivity contribution in [2.24, 2.45) is 34.8 Å². The van der Waals surface area contributed by atoms with E-state index in [0.29, 0.717) is 25.8 Å². The number of amides is 5. The van der Waals surface area contributed by atoms with Crippen LogP contribution in [0.5, 0.6) is 0 Å². The van der Waals surface area contributed by atoms with Crippen LogP contribution in [0.25, 0.3) is 0 Å². The maximum atomic E-state index is 14.3. The molecule has 4 aliphatic rings. The quantitative estimate of drug-likeness (QED) is 0.232. The van der Waals surface area contributed by atoms with Gasteiger partial charge in [-0.25, -0.2) is 4.79 Å². The molecule has 4 rings (SSSR count). The number of nitrogens with zero attached hydrogens (tertiary/aromatic N) is 1. The molecule has 11 nitrogen and oxygen atoms in total. The van der Waals surface area contributed by atoms with Gasteiger partial charge in [-0.15, -0.1) is 0 Å². The largest absolute Gasteiger partial charge is 0.363 e. The number of hydrogen-bond acceptors (Lipinski definition) is 6. The number of Topliss-reactive ketones (excluding diaryl/α,β-unsaturated/α-hetero) is 2. The summed E-state index contributed by atoms with van der Waals surface area (Å²) in [5.41, 5.74) is 3.98. The number of primary amides is 1. The van der Waals surface area contributed by atoms with Gasteiger partial charge in [0, 0.05) is 24.4 Å². The van der Waals surface area contributed by atoms with Gasteiger partial charge in [-0.05, 0) is 61.7 Å². The average molecular weight is 616 g/mol. The smallest absolute Gasteiger partial charge is 0.315 e. The molecule has 246 valence electrons. The van der Waals surface area contributed by atoms with E-state index >= 15 is 0 Å². The third kappa shape index (κ3) is 8.59. The Balaban J connectivity index is 1.51. The first-order valence-corrected chi connectivity index (χ1v) is 16.7. The monoisotopic (exact) mass is 615 g/mol. The molecule has 0 radical (unpaired) electrons. The number of nitrogens with one attached hydrogen (secondary N) is 3. The van der Waals surface area contributed by atoms with Crippen LogP contribution < -0.4 is 21.7 Å². The minimum Gasteiger partial charge on any atom is -0.363 e. The molecule has 0 aromatic carbocycles.